The number of rotatable bonds is 6. The average molecular weight is 593 g/mol. The maximum Gasteiger partial charge on any atom is 0.0867 e. The molecule has 8 rings (SSSR count). The van der Waals surface area contributed by atoms with Crippen LogP contribution >= 0.6 is 0 Å². The molecule has 0 amide bonds. The lowest BCUT2D eigenvalue weighted by Crippen LogP contribution is -2.33. The minimum atomic E-state index is 0.408. The maximum atomic E-state index is 5.06. The van der Waals surface area contributed by atoms with Crippen LogP contribution in [0.1, 0.15) is 30.9 Å². The zero-order valence-corrected chi connectivity index (χ0v) is 26.0. The number of aliphatic imine (C=N–C) groups is 1. The molecule has 2 nitrogen and oxygen atoms in total. The quantitative estimate of drug-likeness (QED) is 0.195. The van der Waals surface area contributed by atoms with Gasteiger partial charge in [0.1, 0.15) is 0 Å². The largest absolute Gasteiger partial charge is 0.354 e. The number of allylic oxidation sites excluding steroid dienone is 8. The van der Waals surface area contributed by atoms with Crippen molar-refractivity contribution in [3.63, 3.8) is 0 Å². The summed E-state index contributed by atoms with van der Waals surface area (Å²) in [6.45, 7) is 2.09. The summed E-state index contributed by atoms with van der Waals surface area (Å²) in [6, 6.07) is 36.4. The second-order valence-electron chi connectivity index (χ2n) is 12.3. The van der Waals surface area contributed by atoms with Crippen LogP contribution in [-0.2, 0) is 0 Å². The second kappa shape index (κ2) is 12.1. The molecule has 3 aliphatic rings. The van der Waals surface area contributed by atoms with Gasteiger partial charge in [-0.2, -0.15) is 0 Å². The summed E-state index contributed by atoms with van der Waals surface area (Å²) in [7, 11) is 0. The van der Waals surface area contributed by atoms with E-state index in [0.717, 1.165) is 41.2 Å². The highest BCUT2D eigenvalue weighted by Crippen LogP contribution is 2.36. The zero-order chi connectivity index (χ0) is 30.9. The first kappa shape index (κ1) is 28.0. The van der Waals surface area contributed by atoms with Crippen LogP contribution in [0, 0.1) is 11.8 Å². The molecule has 0 bridgehead atoms. The third-order valence-corrected chi connectivity index (χ3v) is 9.38. The van der Waals surface area contributed by atoms with Crippen molar-refractivity contribution in [1.82, 2.24) is 0 Å². The van der Waals surface area contributed by atoms with E-state index in [1.165, 1.54) is 43.5 Å². The van der Waals surface area contributed by atoms with Gasteiger partial charge in [0.15, 0.2) is 0 Å². The fourth-order valence-corrected chi connectivity index (χ4v) is 7.10. The van der Waals surface area contributed by atoms with Crippen molar-refractivity contribution in [1.29, 1.82) is 0 Å². The van der Waals surface area contributed by atoms with E-state index in [2.05, 4.69) is 140 Å². The fourth-order valence-electron chi connectivity index (χ4n) is 7.10. The van der Waals surface area contributed by atoms with Gasteiger partial charge >= 0.3 is 0 Å². The standard InChI is InChI=1S/C44H36N2/c1-30(45-41-21-11-12-22-42(41)46-36-15-3-2-4-16-36)31-23-26-33(27-24-31)43-37-17-7-9-19-39(37)44(40-20-10-8-18-38(40)43)35-28-25-32-13-5-6-14-34(32)29-35/h2-7,9,11-29,32,34,46H,8,10H2,1H3. The Kier molecular flexibility index (Phi) is 7.40. The molecular formula is C44H36N2. The van der Waals surface area contributed by atoms with E-state index in [1.807, 2.05) is 30.3 Å². The van der Waals surface area contributed by atoms with Crippen molar-refractivity contribution >= 4 is 51.3 Å². The number of benzene rings is 5. The van der Waals surface area contributed by atoms with Crippen LogP contribution in [0.25, 0.3) is 39.6 Å². The number of hydrogen-bond donors (Lipinski definition) is 1. The van der Waals surface area contributed by atoms with E-state index >= 15 is 0 Å². The minimum absolute atomic E-state index is 0.408. The van der Waals surface area contributed by atoms with E-state index in [-0.39, 0.29) is 0 Å². The predicted molar refractivity (Wildman–Crippen MR) is 197 cm³/mol. The van der Waals surface area contributed by atoms with Crippen LogP contribution < -0.4 is 15.8 Å². The van der Waals surface area contributed by atoms with Crippen LogP contribution in [0.4, 0.5) is 17.1 Å². The molecule has 0 aromatic heterocycles. The van der Waals surface area contributed by atoms with Crippen LogP contribution in [0.2, 0.25) is 0 Å². The topological polar surface area (TPSA) is 24.4 Å². The van der Waals surface area contributed by atoms with E-state index < -0.39 is 0 Å². The smallest absolute Gasteiger partial charge is 0.0867 e. The molecule has 5 aromatic rings. The Labute approximate surface area is 270 Å². The molecule has 222 valence electrons. The maximum absolute atomic E-state index is 5.06. The molecule has 3 aliphatic carbocycles. The van der Waals surface area contributed by atoms with Crippen LogP contribution in [0.3, 0.4) is 0 Å². The second-order valence-corrected chi connectivity index (χ2v) is 12.3. The Bertz CT molecular complexity index is 2230. The summed E-state index contributed by atoms with van der Waals surface area (Å²) in [5, 5.41) is 8.86. The Morgan fingerprint density at radius 1 is 0.652 bits per heavy atom. The van der Waals surface area contributed by atoms with Gasteiger partial charge in [0.2, 0.25) is 0 Å². The molecule has 0 saturated heterocycles. The Morgan fingerprint density at radius 3 is 2.09 bits per heavy atom. The Hall–Kier alpha value is -5.47. The zero-order valence-electron chi connectivity index (χ0n) is 26.0. The molecule has 0 radical (unpaired) electrons. The molecule has 0 spiro atoms. The minimum Gasteiger partial charge on any atom is -0.354 e. The number of anilines is 2. The Balaban J connectivity index is 1.19. The monoisotopic (exact) mass is 592 g/mol. The molecule has 0 saturated carbocycles. The first-order chi connectivity index (χ1) is 22.7. The van der Waals surface area contributed by atoms with Crippen LogP contribution in [0.15, 0.2) is 151 Å². The Morgan fingerprint density at radius 2 is 1.30 bits per heavy atom. The van der Waals surface area contributed by atoms with Gasteiger partial charge in [0, 0.05) is 23.2 Å². The molecule has 5 aromatic carbocycles. The molecule has 2 heteroatoms. The highest BCUT2D eigenvalue weighted by atomic mass is 14.9. The lowest BCUT2D eigenvalue weighted by atomic mass is 9.79. The molecular weight excluding hydrogens is 556 g/mol. The lowest BCUT2D eigenvalue weighted by Gasteiger charge is -2.25. The molecule has 46 heavy (non-hydrogen) atoms. The van der Waals surface area contributed by atoms with Gasteiger partial charge in [-0.15, -0.1) is 0 Å². The van der Waals surface area contributed by atoms with Gasteiger partial charge in [-0.25, -0.2) is 0 Å². The molecule has 0 heterocycles. The van der Waals surface area contributed by atoms with Crippen molar-refractivity contribution in [2.24, 2.45) is 16.8 Å². The van der Waals surface area contributed by atoms with E-state index in [9.17, 15) is 0 Å². The summed E-state index contributed by atoms with van der Waals surface area (Å²) in [6.07, 6.45) is 23.2. The van der Waals surface area contributed by atoms with E-state index in [0.29, 0.717) is 11.8 Å². The summed E-state index contributed by atoms with van der Waals surface area (Å²) in [5.41, 5.74) is 10.3. The van der Waals surface area contributed by atoms with Crippen LogP contribution in [-0.4, -0.2) is 5.71 Å². The predicted octanol–water partition coefficient (Wildman–Crippen LogP) is 10.1. The SMILES string of the molecule is CC(=Nc1ccccc1Nc1ccccc1)c1ccc(-c2c3c(c(C4=CC5C=CC=CC5C=C4)c4ccccc24)=CCCC=3)cc1. The number of para-hydroxylation sites is 3. The first-order valence-corrected chi connectivity index (χ1v) is 16.3. The highest BCUT2D eigenvalue weighted by molar-refractivity contribution is 6.06. The molecule has 2 unspecified atom stereocenters. The van der Waals surface area contributed by atoms with Crippen molar-refractivity contribution in [3.05, 3.63) is 167 Å². The average Bonchev–Trinajstić information content (AvgIpc) is 3.11. The van der Waals surface area contributed by atoms with Crippen LogP contribution in [0.5, 0.6) is 0 Å². The van der Waals surface area contributed by atoms with Gasteiger partial charge in [-0.3, -0.25) is 4.99 Å². The fraction of sp³-hybridized carbons (Fsp3) is 0.114. The van der Waals surface area contributed by atoms with E-state index in [1.54, 1.807) is 0 Å². The number of hydrogen-bond acceptors (Lipinski definition) is 2. The summed E-state index contributed by atoms with van der Waals surface area (Å²) < 4.78 is 0. The molecule has 0 fully saturated rings. The van der Waals surface area contributed by atoms with E-state index in [4.69, 9.17) is 4.99 Å². The molecule has 1 N–H and O–H groups in total. The normalized spacial score (nSPS) is 18.3. The van der Waals surface area contributed by atoms with Gasteiger partial charge < -0.3 is 5.32 Å². The van der Waals surface area contributed by atoms with Gasteiger partial charge in [-0.05, 0) is 93.1 Å². The van der Waals surface area contributed by atoms with Crippen molar-refractivity contribution < 1.29 is 0 Å². The number of nitrogens with zero attached hydrogens (tertiary/aromatic N) is 1. The molecule has 2 atom stereocenters. The lowest BCUT2D eigenvalue weighted by molar-refractivity contribution is 0.663. The van der Waals surface area contributed by atoms with Gasteiger partial charge in [-0.1, -0.05) is 134 Å². The number of nitrogens with one attached hydrogen (secondary N) is 1. The summed E-state index contributed by atoms with van der Waals surface area (Å²) in [5.74, 6) is 0.856. The number of fused-ring (bicyclic) bond motifs is 3. The third kappa shape index (κ3) is 5.26. The van der Waals surface area contributed by atoms with Gasteiger partial charge in [0.05, 0.1) is 11.4 Å². The van der Waals surface area contributed by atoms with Crippen molar-refractivity contribution in [3.8, 4) is 11.1 Å². The third-order valence-electron chi connectivity index (χ3n) is 9.38. The van der Waals surface area contributed by atoms with Gasteiger partial charge in [0.25, 0.3) is 0 Å². The summed E-state index contributed by atoms with van der Waals surface area (Å²) in [4.78, 5) is 5.06. The summed E-state index contributed by atoms with van der Waals surface area (Å²) >= 11 is 0. The highest BCUT2D eigenvalue weighted by Gasteiger charge is 2.22. The molecule has 0 aliphatic heterocycles. The van der Waals surface area contributed by atoms with Crippen molar-refractivity contribution in [2.75, 3.05) is 5.32 Å². The van der Waals surface area contributed by atoms with Crippen molar-refractivity contribution in [2.45, 2.75) is 19.8 Å². The first-order valence-electron chi connectivity index (χ1n) is 16.3.